The zero-order valence-electron chi connectivity index (χ0n) is 9.65. The van der Waals surface area contributed by atoms with Crippen LogP contribution in [0.2, 0.25) is 0 Å². The first-order valence-corrected chi connectivity index (χ1v) is 5.83. The summed E-state index contributed by atoms with van der Waals surface area (Å²) in [7, 11) is 0. The number of rotatable bonds is 2. The van der Waals surface area contributed by atoms with E-state index in [0.29, 0.717) is 0 Å². The maximum atomic E-state index is 12.0. The molecule has 0 bridgehead atoms. The van der Waals surface area contributed by atoms with Crippen LogP contribution in [0, 0.1) is 0 Å². The Kier molecular flexibility index (Phi) is 3.25. The average Bonchev–Trinajstić information content (AvgIpc) is 2.81. The lowest BCUT2D eigenvalue weighted by Crippen LogP contribution is -2.27. The van der Waals surface area contributed by atoms with Gasteiger partial charge in [-0.05, 0) is 37.5 Å². The zero-order chi connectivity index (χ0) is 11.5. The second-order valence-corrected chi connectivity index (χ2v) is 4.41. The van der Waals surface area contributed by atoms with Gasteiger partial charge in [-0.15, -0.1) is 0 Å². The lowest BCUT2D eigenvalue weighted by Gasteiger charge is -2.15. The topological polar surface area (TPSA) is 46.3 Å². The number of carbonyl (C=O) groups excluding carboxylic acids is 1. The first-order chi connectivity index (χ1) is 7.68. The molecule has 1 saturated heterocycles. The number of amides is 1. The molecule has 2 N–H and O–H groups in total. The summed E-state index contributed by atoms with van der Waals surface area (Å²) in [4.78, 5) is 13.9. The van der Waals surface area contributed by atoms with Gasteiger partial charge in [0.25, 0.3) is 5.91 Å². The Balaban J connectivity index is 2.11. The highest BCUT2D eigenvalue weighted by Gasteiger charge is 2.19. The molecular formula is C13H18N2O. The molecule has 2 rings (SSSR count). The minimum Gasteiger partial charge on any atom is -0.339 e. The van der Waals surface area contributed by atoms with E-state index in [-0.39, 0.29) is 11.9 Å². The third-order valence-electron chi connectivity index (χ3n) is 3.08. The van der Waals surface area contributed by atoms with Crippen molar-refractivity contribution in [3.05, 3.63) is 35.4 Å². The zero-order valence-corrected chi connectivity index (χ0v) is 9.65. The molecule has 16 heavy (non-hydrogen) atoms. The van der Waals surface area contributed by atoms with E-state index in [1.165, 1.54) is 0 Å². The summed E-state index contributed by atoms with van der Waals surface area (Å²) >= 11 is 0. The van der Waals surface area contributed by atoms with Crippen molar-refractivity contribution in [2.45, 2.75) is 25.8 Å². The summed E-state index contributed by atoms with van der Waals surface area (Å²) in [6, 6.07) is 7.65. The fourth-order valence-corrected chi connectivity index (χ4v) is 2.03. The minimum absolute atomic E-state index is 0.0240. The Morgan fingerprint density at radius 2 is 1.81 bits per heavy atom. The molecule has 1 atom stereocenters. The van der Waals surface area contributed by atoms with Crippen LogP contribution in [0.5, 0.6) is 0 Å². The smallest absolute Gasteiger partial charge is 0.253 e. The normalized spacial score (nSPS) is 17.5. The van der Waals surface area contributed by atoms with Crippen LogP contribution in [-0.2, 0) is 0 Å². The van der Waals surface area contributed by atoms with Crippen LogP contribution in [0.1, 0.15) is 41.7 Å². The highest BCUT2D eigenvalue weighted by Crippen LogP contribution is 2.15. The predicted octanol–water partition coefficient (Wildman–Crippen LogP) is 1.94. The highest BCUT2D eigenvalue weighted by atomic mass is 16.2. The Hall–Kier alpha value is -1.35. The van der Waals surface area contributed by atoms with Gasteiger partial charge in [0.15, 0.2) is 0 Å². The van der Waals surface area contributed by atoms with Crippen molar-refractivity contribution < 1.29 is 4.79 Å². The fraction of sp³-hybridized carbons (Fsp3) is 0.462. The van der Waals surface area contributed by atoms with E-state index in [9.17, 15) is 4.79 Å². The van der Waals surface area contributed by atoms with Crippen LogP contribution in [0.4, 0.5) is 0 Å². The van der Waals surface area contributed by atoms with Gasteiger partial charge >= 0.3 is 0 Å². The van der Waals surface area contributed by atoms with Crippen LogP contribution in [-0.4, -0.2) is 23.9 Å². The number of nitrogens with two attached hydrogens (primary N) is 1. The van der Waals surface area contributed by atoms with Crippen LogP contribution in [0.3, 0.4) is 0 Å². The molecule has 0 radical (unpaired) electrons. The van der Waals surface area contributed by atoms with Gasteiger partial charge in [0, 0.05) is 24.7 Å². The first kappa shape index (κ1) is 11.1. The molecule has 0 saturated carbocycles. The minimum atomic E-state index is 0.0240. The molecule has 86 valence electrons. The summed E-state index contributed by atoms with van der Waals surface area (Å²) in [6.07, 6.45) is 2.26. The van der Waals surface area contributed by atoms with E-state index in [0.717, 1.165) is 37.1 Å². The quantitative estimate of drug-likeness (QED) is 0.824. The van der Waals surface area contributed by atoms with E-state index < -0.39 is 0 Å². The van der Waals surface area contributed by atoms with Crippen molar-refractivity contribution in [3.63, 3.8) is 0 Å². The molecule has 1 heterocycles. The molecule has 3 nitrogen and oxygen atoms in total. The monoisotopic (exact) mass is 218 g/mol. The molecule has 0 unspecified atom stereocenters. The molecule has 0 aliphatic carbocycles. The Morgan fingerprint density at radius 1 is 1.25 bits per heavy atom. The summed E-state index contributed by atoms with van der Waals surface area (Å²) in [5, 5.41) is 0. The third kappa shape index (κ3) is 2.25. The predicted molar refractivity (Wildman–Crippen MR) is 64.2 cm³/mol. The Morgan fingerprint density at radius 3 is 2.31 bits per heavy atom. The molecule has 1 aromatic rings. The number of likely N-dealkylation sites (tertiary alicyclic amines) is 1. The standard InChI is InChI=1S/C13H18N2O/c1-10(14)11-4-6-12(7-5-11)13(16)15-8-2-3-9-15/h4-7,10H,2-3,8-9,14H2,1H3/t10-/m0/s1. The van der Waals surface area contributed by atoms with Gasteiger partial charge in [-0.1, -0.05) is 12.1 Å². The molecule has 0 spiro atoms. The Bertz CT molecular complexity index is 364. The number of hydrogen-bond acceptors (Lipinski definition) is 2. The van der Waals surface area contributed by atoms with Crippen molar-refractivity contribution in [3.8, 4) is 0 Å². The summed E-state index contributed by atoms with van der Waals surface area (Å²) in [5.41, 5.74) is 7.60. The van der Waals surface area contributed by atoms with Gasteiger partial charge in [-0.2, -0.15) is 0 Å². The van der Waals surface area contributed by atoms with E-state index in [1.807, 2.05) is 36.1 Å². The van der Waals surface area contributed by atoms with Crippen LogP contribution >= 0.6 is 0 Å². The molecular weight excluding hydrogens is 200 g/mol. The lowest BCUT2D eigenvalue weighted by atomic mass is 10.1. The average molecular weight is 218 g/mol. The molecule has 0 aromatic heterocycles. The van der Waals surface area contributed by atoms with Gasteiger partial charge in [0.2, 0.25) is 0 Å². The number of nitrogens with zero attached hydrogens (tertiary/aromatic N) is 1. The number of hydrogen-bond donors (Lipinski definition) is 1. The van der Waals surface area contributed by atoms with Gasteiger partial charge in [0.1, 0.15) is 0 Å². The van der Waals surface area contributed by atoms with Crippen LogP contribution < -0.4 is 5.73 Å². The highest BCUT2D eigenvalue weighted by molar-refractivity contribution is 5.94. The van der Waals surface area contributed by atoms with E-state index in [2.05, 4.69) is 0 Å². The SMILES string of the molecule is C[C@H](N)c1ccc(C(=O)N2CCCC2)cc1. The van der Waals surface area contributed by atoms with Crippen molar-refractivity contribution in [1.82, 2.24) is 4.90 Å². The molecule has 1 aliphatic heterocycles. The van der Waals surface area contributed by atoms with Crippen molar-refractivity contribution in [2.24, 2.45) is 5.73 Å². The van der Waals surface area contributed by atoms with Crippen molar-refractivity contribution in [1.29, 1.82) is 0 Å². The number of carbonyl (C=O) groups is 1. The van der Waals surface area contributed by atoms with Crippen LogP contribution in [0.15, 0.2) is 24.3 Å². The van der Waals surface area contributed by atoms with Gasteiger partial charge in [-0.25, -0.2) is 0 Å². The van der Waals surface area contributed by atoms with E-state index in [4.69, 9.17) is 5.73 Å². The molecule has 1 aliphatic rings. The number of benzene rings is 1. The second kappa shape index (κ2) is 4.66. The largest absolute Gasteiger partial charge is 0.339 e. The molecule has 1 aromatic carbocycles. The maximum Gasteiger partial charge on any atom is 0.253 e. The fourth-order valence-electron chi connectivity index (χ4n) is 2.03. The molecule has 3 heteroatoms. The summed E-state index contributed by atoms with van der Waals surface area (Å²) < 4.78 is 0. The van der Waals surface area contributed by atoms with Crippen molar-refractivity contribution in [2.75, 3.05) is 13.1 Å². The van der Waals surface area contributed by atoms with Gasteiger partial charge in [-0.3, -0.25) is 4.79 Å². The maximum absolute atomic E-state index is 12.0. The Labute approximate surface area is 96.2 Å². The summed E-state index contributed by atoms with van der Waals surface area (Å²) in [5.74, 6) is 0.147. The molecule has 1 amide bonds. The first-order valence-electron chi connectivity index (χ1n) is 5.83. The van der Waals surface area contributed by atoms with Crippen LogP contribution in [0.25, 0.3) is 0 Å². The third-order valence-corrected chi connectivity index (χ3v) is 3.08. The lowest BCUT2D eigenvalue weighted by molar-refractivity contribution is 0.0793. The molecule has 1 fully saturated rings. The summed E-state index contributed by atoms with van der Waals surface area (Å²) in [6.45, 7) is 3.74. The van der Waals surface area contributed by atoms with Crippen molar-refractivity contribution >= 4 is 5.91 Å². The van der Waals surface area contributed by atoms with E-state index in [1.54, 1.807) is 0 Å². The van der Waals surface area contributed by atoms with Gasteiger partial charge < -0.3 is 10.6 Å². The van der Waals surface area contributed by atoms with E-state index >= 15 is 0 Å². The van der Waals surface area contributed by atoms with Gasteiger partial charge in [0.05, 0.1) is 0 Å². The second-order valence-electron chi connectivity index (χ2n) is 4.41.